The number of aliphatic hydroxyl groups excluding tert-OH is 1. The second kappa shape index (κ2) is 22.4. The molecule has 11 nitrogen and oxygen atoms in total. The Morgan fingerprint density at radius 2 is 1.58 bits per heavy atom. The van der Waals surface area contributed by atoms with Gasteiger partial charge in [-0.15, -0.1) is 0 Å². The summed E-state index contributed by atoms with van der Waals surface area (Å²) in [6.45, 7) is 35.3. The van der Waals surface area contributed by atoms with Crippen LogP contribution < -0.4 is 0 Å². The molecule has 14 heteroatoms. The molecule has 8 heterocycles. The number of rotatable bonds is 24. The zero-order valence-electron chi connectivity index (χ0n) is 43.4. The average molecular weight is 1040 g/mol. The normalized spacial score (nSPS) is 39.4. The minimum absolute atomic E-state index is 0.0185. The Hall–Kier alpha value is -0.336. The fourth-order valence-electron chi connectivity index (χ4n) is 12.4. The number of carbonyl (C=O) groups is 1. The second-order valence-electron chi connectivity index (χ2n) is 23.8. The highest BCUT2D eigenvalue weighted by molar-refractivity contribution is 9.11. The molecule has 0 amide bonds. The largest absolute Gasteiger partial charge is 0.417 e. The van der Waals surface area contributed by atoms with Gasteiger partial charge in [-0.2, -0.15) is 0 Å². The summed E-state index contributed by atoms with van der Waals surface area (Å²) in [4.78, 5) is 14.5. The van der Waals surface area contributed by atoms with Crippen molar-refractivity contribution in [3.05, 3.63) is 23.2 Å². The quantitative estimate of drug-likeness (QED) is 0.0565. The van der Waals surface area contributed by atoms with Crippen LogP contribution in [0.2, 0.25) is 36.3 Å². The number of hydrogen-bond donors (Lipinski definition) is 1. The van der Waals surface area contributed by atoms with Crippen LogP contribution in [-0.4, -0.2) is 126 Å². The molecule has 8 aliphatic heterocycles. The lowest BCUT2D eigenvalue weighted by atomic mass is 9.78. The molecule has 1 N–H and O–H groups in total. The van der Waals surface area contributed by atoms with E-state index in [1.54, 1.807) is 0 Å². The van der Waals surface area contributed by atoms with E-state index in [0.717, 1.165) is 55.2 Å². The van der Waals surface area contributed by atoms with Crippen molar-refractivity contribution in [2.75, 3.05) is 13.2 Å². The maximum Gasteiger partial charge on any atom is 0.191 e. The van der Waals surface area contributed by atoms with E-state index in [1.807, 2.05) is 0 Å². The van der Waals surface area contributed by atoms with Crippen LogP contribution in [0.4, 0.5) is 0 Å². The number of carbonyl (C=O) groups excluding carboxylic acids is 1. The molecule has 0 aromatic carbocycles. The molecule has 6 bridgehead atoms. The van der Waals surface area contributed by atoms with E-state index in [0.29, 0.717) is 63.4 Å². The van der Waals surface area contributed by atoms with Gasteiger partial charge in [-0.1, -0.05) is 91.4 Å². The van der Waals surface area contributed by atoms with Crippen molar-refractivity contribution in [1.29, 1.82) is 0 Å². The third-order valence-electron chi connectivity index (χ3n) is 18.0. The smallest absolute Gasteiger partial charge is 0.191 e. The van der Waals surface area contributed by atoms with Crippen LogP contribution in [0.5, 0.6) is 0 Å². The number of aliphatic hydroxyl groups is 1. The molecule has 384 valence electrons. The zero-order valence-corrected chi connectivity index (χ0v) is 47.0. The van der Waals surface area contributed by atoms with Crippen molar-refractivity contribution in [3.8, 4) is 0 Å². The summed E-state index contributed by atoms with van der Waals surface area (Å²) in [5.41, 5.74) is 1.15. The highest BCUT2D eigenvalue weighted by atomic mass is 79.9. The number of fused-ring (bicyclic) bond motifs is 1. The van der Waals surface area contributed by atoms with Gasteiger partial charge in [-0.05, 0) is 115 Å². The summed E-state index contributed by atoms with van der Waals surface area (Å²) >= 11 is 3.39. The number of hydrogen-bond acceptors (Lipinski definition) is 11. The van der Waals surface area contributed by atoms with Gasteiger partial charge in [0.2, 0.25) is 0 Å². The molecule has 0 aliphatic carbocycles. The summed E-state index contributed by atoms with van der Waals surface area (Å²) in [6.07, 6.45) is 6.41. The third kappa shape index (κ3) is 12.5. The first-order valence-electron chi connectivity index (χ1n) is 26.7. The Balaban J connectivity index is 1.00. The van der Waals surface area contributed by atoms with Gasteiger partial charge >= 0.3 is 0 Å². The van der Waals surface area contributed by atoms with Crippen LogP contribution in [0.3, 0.4) is 0 Å². The minimum Gasteiger partial charge on any atom is -0.417 e. The summed E-state index contributed by atoms with van der Waals surface area (Å²) in [7, 11) is -3.53. The molecular weight excluding hydrogens is 949 g/mol. The molecule has 0 spiro atoms. The van der Waals surface area contributed by atoms with E-state index >= 15 is 0 Å². The molecule has 8 fully saturated rings. The number of Topliss-reactive ketones (excluding diaryl/α,β-unsaturated/α-hetero) is 1. The lowest BCUT2D eigenvalue weighted by molar-refractivity contribution is -0.292. The predicted octanol–water partition coefficient (Wildman–Crippen LogP) is 11.4. The van der Waals surface area contributed by atoms with Gasteiger partial charge in [0.25, 0.3) is 0 Å². The Kier molecular flexibility index (Phi) is 18.2. The fraction of sp³-hybridized carbons (Fsp3) is 0.906. The van der Waals surface area contributed by atoms with E-state index in [2.05, 4.69) is 104 Å². The van der Waals surface area contributed by atoms with Crippen molar-refractivity contribution in [1.82, 2.24) is 0 Å². The SMILES string of the molecule is C=C(Br)C[C@H](O)CC[C@@]12C[C@H]3O[C@H]4[C@@H](O1)[C@H]1O[C@@H](CC(=O)C[C@H]5C(C[C@H]6O[C@@H](CCCO[Si](CC)(CC)CC)C[C@@H](C)C6=C)O[C@H](C[C@H](C)CO[Si](C)(C)C(C)(C)C)[C@@H]5C)CC[C@@H]1O[C@H]4C3O2. The third-order valence-corrected chi connectivity index (χ3v) is 27.5. The van der Waals surface area contributed by atoms with Crippen molar-refractivity contribution in [2.45, 2.75) is 267 Å². The molecule has 67 heavy (non-hydrogen) atoms. The summed E-state index contributed by atoms with van der Waals surface area (Å²) < 4.78 is 62.0. The second-order valence-corrected chi connectivity index (χ2v) is 34.5. The van der Waals surface area contributed by atoms with Crippen LogP contribution in [0, 0.1) is 23.7 Å². The van der Waals surface area contributed by atoms with Crippen LogP contribution in [0.15, 0.2) is 23.2 Å². The Bertz CT molecular complexity index is 1680. The van der Waals surface area contributed by atoms with E-state index < -0.39 is 28.5 Å². The van der Waals surface area contributed by atoms with Crippen LogP contribution in [-0.2, 0) is 46.8 Å². The van der Waals surface area contributed by atoms with Crippen molar-refractivity contribution in [3.63, 3.8) is 0 Å². The maximum absolute atomic E-state index is 14.5. The van der Waals surface area contributed by atoms with E-state index in [4.69, 9.17) is 42.0 Å². The first-order valence-corrected chi connectivity index (χ1v) is 32.9. The van der Waals surface area contributed by atoms with E-state index in [1.165, 1.54) is 18.1 Å². The Morgan fingerprint density at radius 1 is 0.896 bits per heavy atom. The minimum atomic E-state index is -1.90. The van der Waals surface area contributed by atoms with Crippen molar-refractivity contribution in [2.24, 2.45) is 23.7 Å². The molecule has 0 radical (unpaired) electrons. The van der Waals surface area contributed by atoms with Crippen LogP contribution in [0.1, 0.15) is 146 Å². The lowest BCUT2D eigenvalue weighted by Gasteiger charge is -2.47. The Labute approximate surface area is 415 Å². The van der Waals surface area contributed by atoms with Gasteiger partial charge in [0, 0.05) is 51.7 Å². The molecule has 8 saturated heterocycles. The number of halogens is 1. The van der Waals surface area contributed by atoms with E-state index in [-0.39, 0.29) is 95.9 Å². The molecule has 8 aliphatic rings. The molecular formula is C53H91BrO11Si2. The van der Waals surface area contributed by atoms with Gasteiger partial charge in [-0.3, -0.25) is 4.79 Å². The number of ether oxygens (including phenoxy) is 7. The topological polar surface area (TPSA) is 120 Å². The molecule has 2 unspecified atom stereocenters. The summed E-state index contributed by atoms with van der Waals surface area (Å²) in [6, 6.07) is 3.50. The monoisotopic (exact) mass is 1040 g/mol. The Morgan fingerprint density at radius 3 is 2.27 bits per heavy atom. The van der Waals surface area contributed by atoms with E-state index in [9.17, 15) is 9.90 Å². The van der Waals surface area contributed by atoms with Gasteiger partial charge in [0.05, 0.1) is 48.8 Å². The predicted molar refractivity (Wildman–Crippen MR) is 271 cm³/mol. The van der Waals surface area contributed by atoms with Crippen LogP contribution >= 0.6 is 15.9 Å². The molecule has 0 aromatic rings. The van der Waals surface area contributed by atoms with Gasteiger partial charge < -0.3 is 47.1 Å². The fourth-order valence-corrected chi connectivity index (χ4v) is 16.6. The number of ketones is 1. The molecule has 0 saturated carbocycles. The van der Waals surface area contributed by atoms with Gasteiger partial charge in [0.1, 0.15) is 36.3 Å². The average Bonchev–Trinajstić information content (AvgIpc) is 3.81. The first kappa shape index (κ1) is 54.4. The highest BCUT2D eigenvalue weighted by Crippen LogP contribution is 2.54. The van der Waals surface area contributed by atoms with Crippen molar-refractivity contribution < 1.29 is 51.9 Å². The first-order chi connectivity index (χ1) is 31.6. The molecule has 18 atom stereocenters. The summed E-state index contributed by atoms with van der Waals surface area (Å²) in [5.74, 6) is 0.249. The van der Waals surface area contributed by atoms with Gasteiger partial charge in [0.15, 0.2) is 22.4 Å². The maximum atomic E-state index is 14.5. The lowest BCUT2D eigenvalue weighted by Crippen LogP contribution is -2.61. The highest BCUT2D eigenvalue weighted by Gasteiger charge is 2.68. The van der Waals surface area contributed by atoms with Crippen LogP contribution in [0.25, 0.3) is 0 Å². The molecule has 8 rings (SSSR count). The van der Waals surface area contributed by atoms with Gasteiger partial charge in [-0.25, -0.2) is 0 Å². The standard InChI is InChI=1S/C53H91BrO11Si2/c1-14-67(15-2,16-3)57-23-17-18-39-25-33(5)35(7)44(59-39)29-45-41(36(8)43(61-45)24-32(4)31-58-66(12,13)52(9,10)11)28-38(56)27-40-19-20-42-47(60-40)51-50-49(62-42)48-46(63-50)30-53(64-48,65-51)22-21-37(55)26-34(6)54/h32-33,36-37,39-51,55H,6-7,14-31H2,1-5,8-13H3/t32-,33+,36+,37+,39-,40+,41+,42-,43+,44+,45?,46+,47-,48?,49-,50+,51-,53-/m0/s1. The zero-order chi connectivity index (χ0) is 48.6. The summed E-state index contributed by atoms with van der Waals surface area (Å²) in [5, 5.41) is 10.9. The van der Waals surface area contributed by atoms with Crippen molar-refractivity contribution >= 4 is 38.3 Å². The molecule has 0 aromatic heterocycles.